The van der Waals surface area contributed by atoms with Crippen LogP contribution < -0.4 is 0 Å². The van der Waals surface area contributed by atoms with E-state index in [-0.39, 0.29) is 78.7 Å². The van der Waals surface area contributed by atoms with Crippen LogP contribution in [0.5, 0.6) is 0 Å². The molecule has 2 saturated heterocycles. The molecule has 0 aromatic carbocycles. The molecule has 4 saturated carbocycles. The van der Waals surface area contributed by atoms with Gasteiger partial charge in [0, 0.05) is 45.5 Å². The molecular formula is C43H68O10VW-2. The number of aliphatic hydroxyl groups is 5. The molecule has 6 fully saturated rings. The summed E-state index contributed by atoms with van der Waals surface area (Å²) in [6, 6.07) is 0. The van der Waals surface area contributed by atoms with Crippen molar-refractivity contribution in [2.24, 2.45) is 50.7 Å². The van der Waals surface area contributed by atoms with E-state index >= 15 is 0 Å². The molecule has 7 rings (SSSR count). The van der Waals surface area contributed by atoms with E-state index in [1.54, 1.807) is 12.5 Å². The molecule has 10 nitrogen and oxygen atoms in total. The van der Waals surface area contributed by atoms with Gasteiger partial charge >= 0.3 is 0 Å². The van der Waals surface area contributed by atoms with Crippen LogP contribution in [0.15, 0.2) is 11.6 Å². The van der Waals surface area contributed by atoms with Crippen LogP contribution in [0.1, 0.15) is 120 Å². The largest absolute Gasteiger partial charge is 0.394 e. The van der Waals surface area contributed by atoms with E-state index in [0.717, 1.165) is 57.8 Å². The number of ether oxygens (including phenoxy) is 4. The molecule has 5 N–H and O–H groups in total. The molecule has 0 spiro atoms. The number of carbonyl (C=O) groups excluding carboxylic acids is 1. The van der Waals surface area contributed by atoms with Crippen molar-refractivity contribution in [1.82, 2.24) is 0 Å². The normalized spacial score (nSPS) is 52.1. The summed E-state index contributed by atoms with van der Waals surface area (Å²) in [7, 11) is 0. The van der Waals surface area contributed by atoms with E-state index in [2.05, 4.69) is 54.0 Å². The first-order valence-corrected chi connectivity index (χ1v) is 20.6. The van der Waals surface area contributed by atoms with Gasteiger partial charge in [0.2, 0.25) is 0 Å². The maximum Gasteiger partial charge on any atom is 0.187 e. The third-order valence-electron chi connectivity index (χ3n) is 16.9. The van der Waals surface area contributed by atoms with Gasteiger partial charge in [0.15, 0.2) is 12.6 Å². The predicted octanol–water partition coefficient (Wildman–Crippen LogP) is 5.07. The zero-order chi connectivity index (χ0) is 38.6. The molecule has 5 aliphatic carbocycles. The number of carbonyl (C=O) groups is 1. The van der Waals surface area contributed by atoms with Gasteiger partial charge in [-0.2, -0.15) is 19.3 Å². The van der Waals surface area contributed by atoms with Crippen LogP contribution in [0.4, 0.5) is 0 Å². The summed E-state index contributed by atoms with van der Waals surface area (Å²) in [5.41, 5.74) is 1.61. The van der Waals surface area contributed by atoms with Crippen molar-refractivity contribution in [2.45, 2.75) is 182 Å². The monoisotopic (exact) mass is 979 g/mol. The molecule has 313 valence electrons. The number of hydrogen-bond acceptors (Lipinski definition) is 10. The van der Waals surface area contributed by atoms with Gasteiger partial charge < -0.3 is 55.7 Å². The van der Waals surface area contributed by atoms with Crippen LogP contribution in [-0.2, 0) is 63.4 Å². The minimum atomic E-state index is -1.58. The fourth-order valence-electron chi connectivity index (χ4n) is 13.1. The minimum absolute atomic E-state index is 0. The van der Waals surface area contributed by atoms with Crippen molar-refractivity contribution >= 4 is 5.78 Å². The Morgan fingerprint density at radius 2 is 1.62 bits per heavy atom. The van der Waals surface area contributed by atoms with Gasteiger partial charge in [-0.25, -0.2) is 0 Å². The van der Waals surface area contributed by atoms with Crippen molar-refractivity contribution in [3.8, 4) is 0 Å². The van der Waals surface area contributed by atoms with Gasteiger partial charge in [0.1, 0.15) is 36.3 Å². The van der Waals surface area contributed by atoms with Crippen molar-refractivity contribution in [2.75, 3.05) is 6.61 Å². The third kappa shape index (κ3) is 7.24. The molecule has 55 heavy (non-hydrogen) atoms. The van der Waals surface area contributed by atoms with Crippen LogP contribution in [0.3, 0.4) is 0 Å². The molecule has 0 aromatic rings. The fourth-order valence-corrected chi connectivity index (χ4v) is 13.1. The molecule has 1 radical (unpaired) electrons. The van der Waals surface area contributed by atoms with E-state index in [1.165, 1.54) is 5.92 Å². The van der Waals surface area contributed by atoms with Gasteiger partial charge in [0.25, 0.3) is 0 Å². The Kier molecular flexibility index (Phi) is 13.8. The van der Waals surface area contributed by atoms with Crippen molar-refractivity contribution < 1.29 is 88.9 Å². The van der Waals surface area contributed by atoms with E-state index in [1.807, 2.05) is 13.8 Å². The summed E-state index contributed by atoms with van der Waals surface area (Å²) in [4.78, 5) is 13.4. The minimum Gasteiger partial charge on any atom is -0.394 e. The molecule has 0 bridgehead atoms. The van der Waals surface area contributed by atoms with Gasteiger partial charge in [0.05, 0.1) is 18.8 Å². The predicted molar refractivity (Wildman–Crippen MR) is 198 cm³/mol. The number of hydrogen-bond donors (Lipinski definition) is 5. The van der Waals surface area contributed by atoms with Crippen LogP contribution in [0.25, 0.3) is 0 Å². The smallest absolute Gasteiger partial charge is 0.187 e. The van der Waals surface area contributed by atoms with E-state index in [4.69, 9.17) is 18.9 Å². The van der Waals surface area contributed by atoms with Gasteiger partial charge in [-0.05, 0) is 74.0 Å². The molecule has 12 heteroatoms. The Morgan fingerprint density at radius 3 is 2.27 bits per heavy atom. The standard InChI is InChI=1S/C43H68O10.V.W/c1-22-26-12-15-42(9)31(11-10-27-28-20-39(5,6)16-18-43(28,25(4)45)19-17-41(27,42)8)40(26,7)14-13-29(22)51-38-36(23(2)32(46)24(3)50-38)53-37-35(49)34(48)33(47)30(21-44)52-37;;/h10,19,23-24,26,28-38,44,46-49H,11-18,20-21H2,1-9H3;;/q-2;;/t23-,24?,26-,28?,29-,30?,31?,32-,33-,34-,35?,36?,37-,38-,40?,41+,42-,43+;;/m0../s1. The molecule has 0 amide bonds. The first-order chi connectivity index (χ1) is 24.7. The summed E-state index contributed by atoms with van der Waals surface area (Å²) in [6.07, 6.45) is 3.67. The Labute approximate surface area is 355 Å². The van der Waals surface area contributed by atoms with Crippen molar-refractivity contribution in [3.05, 3.63) is 24.0 Å². The van der Waals surface area contributed by atoms with E-state index < -0.39 is 67.8 Å². The molecule has 2 aliphatic heterocycles. The number of aliphatic hydroxyl groups excluding tert-OH is 5. The van der Waals surface area contributed by atoms with Crippen molar-refractivity contribution in [1.29, 1.82) is 0 Å². The summed E-state index contributed by atoms with van der Waals surface area (Å²) in [5.74, 6) is 2.30. The number of ketones is 1. The van der Waals surface area contributed by atoms with Gasteiger partial charge in [-0.15, -0.1) is 0 Å². The third-order valence-corrected chi connectivity index (χ3v) is 16.9. The summed E-state index contributed by atoms with van der Waals surface area (Å²) >= 11 is 0. The van der Waals surface area contributed by atoms with Crippen LogP contribution >= 0.6 is 0 Å². The Balaban J connectivity index is 0.00000290. The zero-order valence-electron chi connectivity index (χ0n) is 34.4. The quantitative estimate of drug-likeness (QED) is 0.139. The molecule has 7 aliphatic rings. The van der Waals surface area contributed by atoms with Crippen molar-refractivity contribution in [3.63, 3.8) is 0 Å². The second-order valence-corrected chi connectivity index (χ2v) is 20.0. The van der Waals surface area contributed by atoms with Gasteiger partial charge in [-0.3, -0.25) is 5.92 Å². The van der Waals surface area contributed by atoms with Crippen LogP contribution in [-0.4, -0.2) is 99.3 Å². The Bertz CT molecular complexity index is 1430. The first-order valence-electron chi connectivity index (χ1n) is 20.6. The average molecular weight is 980 g/mol. The molecule has 0 aromatic heterocycles. The molecular weight excluding hydrogens is 911 g/mol. The van der Waals surface area contributed by atoms with Crippen LogP contribution in [0, 0.1) is 63.1 Å². The topological polar surface area (TPSA) is 155 Å². The zero-order valence-corrected chi connectivity index (χ0v) is 38.8. The van der Waals surface area contributed by atoms with Gasteiger partial charge in [-0.1, -0.05) is 89.4 Å². The summed E-state index contributed by atoms with van der Waals surface area (Å²) in [5, 5.41) is 52.3. The number of allylic oxidation sites excluding steroid dienone is 2. The summed E-state index contributed by atoms with van der Waals surface area (Å²) in [6.45, 7) is 19.5. The number of rotatable bonds is 6. The SMILES string of the molecule is CC(=O)[C@@]12[CH-]C[C@]3(C)C(=CCC4C5(C)CC[C@H](O[C@@H]6OC(C)[C@@H](O)[C@H](C)C6O[C@@H]6OC(CO)[C@H](O)[C@H](O)C6O)[C-](C)[C@@H]5CC[C@@]43C)C1CC(C)(C)CC2.[V].[W]. The Morgan fingerprint density at radius 1 is 0.927 bits per heavy atom. The molecule has 2 heterocycles. The Hall–Kier alpha value is 0.323. The second-order valence-electron chi connectivity index (χ2n) is 20.0. The first kappa shape index (κ1) is 46.4. The number of fused-ring (bicyclic) bond motifs is 7. The maximum atomic E-state index is 13.4. The molecule has 18 atom stereocenters. The molecule has 7 unspecified atom stereocenters. The second kappa shape index (κ2) is 16.3. The van der Waals surface area contributed by atoms with Crippen LogP contribution in [0.2, 0.25) is 0 Å². The fraction of sp³-hybridized carbons (Fsp3) is 0.884. The van der Waals surface area contributed by atoms with E-state index in [0.29, 0.717) is 17.6 Å². The number of Topliss-reactive ketones (excluding diaryl/α,β-unsaturated/α-hetero) is 1. The van der Waals surface area contributed by atoms with E-state index in [9.17, 15) is 30.3 Å². The maximum absolute atomic E-state index is 13.4. The summed E-state index contributed by atoms with van der Waals surface area (Å²) < 4.78 is 25.1. The average Bonchev–Trinajstić information content (AvgIpc) is 3.10.